The van der Waals surface area contributed by atoms with Gasteiger partial charge in [0.1, 0.15) is 23.9 Å². The van der Waals surface area contributed by atoms with Gasteiger partial charge in [0, 0.05) is 5.69 Å². The molecule has 2 aromatic rings. The van der Waals surface area contributed by atoms with E-state index in [0.717, 1.165) is 17.7 Å². The van der Waals surface area contributed by atoms with E-state index in [0.29, 0.717) is 0 Å². The van der Waals surface area contributed by atoms with Crippen LogP contribution in [0.1, 0.15) is 24.0 Å². The molecule has 0 bridgehead atoms. The Morgan fingerprint density at radius 3 is 2.21 bits per heavy atom. The maximum absolute atomic E-state index is 15.0. The molecule has 9 heteroatoms. The molecule has 0 atom stereocenters. The highest BCUT2D eigenvalue weighted by Crippen LogP contribution is 2.41. The largest absolute Gasteiger partial charge is 0.444 e. The summed E-state index contributed by atoms with van der Waals surface area (Å²) in [5, 5.41) is 2.19. The predicted molar refractivity (Wildman–Crippen MR) is 97.3 cm³/mol. The molecule has 1 fully saturated rings. The van der Waals surface area contributed by atoms with Crippen molar-refractivity contribution in [1.82, 2.24) is 0 Å². The van der Waals surface area contributed by atoms with Crippen molar-refractivity contribution in [3.8, 4) is 0 Å². The molecule has 1 amide bonds. The third-order valence-electron chi connectivity index (χ3n) is 4.57. The van der Waals surface area contributed by atoms with E-state index in [1.807, 2.05) is 0 Å². The minimum atomic E-state index is -3.40. The minimum Gasteiger partial charge on any atom is -0.444 e. The van der Waals surface area contributed by atoms with Crippen LogP contribution in [-0.2, 0) is 26.8 Å². The number of nitrogens with one attached hydrogen (secondary N) is 1. The Balaban J connectivity index is 1.70. The van der Waals surface area contributed by atoms with E-state index in [9.17, 15) is 22.0 Å². The molecule has 0 saturated carbocycles. The summed E-state index contributed by atoms with van der Waals surface area (Å²) < 4.78 is 71.7. The van der Waals surface area contributed by atoms with Crippen molar-refractivity contribution in [2.45, 2.75) is 25.1 Å². The quantitative estimate of drug-likeness (QED) is 0.820. The summed E-state index contributed by atoms with van der Waals surface area (Å²) in [6, 6.07) is 10.4. The zero-order chi connectivity index (χ0) is 20.4. The number of hydrogen-bond donors (Lipinski definition) is 1. The second-order valence-electron chi connectivity index (χ2n) is 6.62. The fourth-order valence-electron chi connectivity index (χ4n) is 3.06. The van der Waals surface area contributed by atoms with Gasteiger partial charge in [-0.05, 0) is 30.5 Å². The SMILES string of the molecule is O=C(Nc1cc(F)c(C2(F)CCS(=O)(=O)CC2)c(F)c1)OCc1ccccc1. The average molecular weight is 413 g/mol. The number of sulfone groups is 1. The monoisotopic (exact) mass is 413 g/mol. The van der Waals surface area contributed by atoms with Gasteiger partial charge in [0.15, 0.2) is 9.84 Å². The fraction of sp³-hybridized carbons (Fsp3) is 0.316. The molecule has 150 valence electrons. The lowest BCUT2D eigenvalue weighted by Gasteiger charge is -2.30. The lowest BCUT2D eigenvalue weighted by Crippen LogP contribution is -2.35. The van der Waals surface area contributed by atoms with Crippen LogP contribution in [0.15, 0.2) is 42.5 Å². The molecule has 1 heterocycles. The highest BCUT2D eigenvalue weighted by atomic mass is 32.2. The van der Waals surface area contributed by atoms with Gasteiger partial charge in [-0.25, -0.2) is 26.4 Å². The van der Waals surface area contributed by atoms with Gasteiger partial charge in [0.05, 0.1) is 17.1 Å². The van der Waals surface area contributed by atoms with E-state index >= 15 is 4.39 Å². The van der Waals surface area contributed by atoms with Gasteiger partial charge in [-0.15, -0.1) is 0 Å². The third kappa shape index (κ3) is 4.64. The smallest absolute Gasteiger partial charge is 0.411 e. The van der Waals surface area contributed by atoms with Crippen molar-refractivity contribution < 1.29 is 31.1 Å². The van der Waals surface area contributed by atoms with Crippen LogP contribution in [0.2, 0.25) is 0 Å². The molecule has 1 aliphatic rings. The number of ether oxygens (including phenoxy) is 1. The van der Waals surface area contributed by atoms with E-state index in [1.54, 1.807) is 30.3 Å². The van der Waals surface area contributed by atoms with Gasteiger partial charge in [-0.3, -0.25) is 5.32 Å². The summed E-state index contributed by atoms with van der Waals surface area (Å²) in [6.45, 7) is -0.0300. The Bertz CT molecular complexity index is 943. The van der Waals surface area contributed by atoms with Crippen LogP contribution < -0.4 is 5.32 Å². The van der Waals surface area contributed by atoms with Crippen molar-refractivity contribution in [2.24, 2.45) is 0 Å². The standard InChI is InChI=1S/C19H18F3NO4S/c20-15-10-14(23-18(24)27-12-13-4-2-1-3-5-13)11-16(21)17(15)19(22)6-8-28(25,26)9-7-19/h1-5,10-11H,6-9,12H2,(H,23,24). The summed E-state index contributed by atoms with van der Waals surface area (Å²) in [4.78, 5) is 11.8. The van der Waals surface area contributed by atoms with Gasteiger partial charge in [-0.2, -0.15) is 0 Å². The molecule has 3 rings (SSSR count). The molecule has 0 unspecified atom stereocenters. The number of alkyl halides is 1. The third-order valence-corrected chi connectivity index (χ3v) is 6.22. The lowest BCUT2D eigenvalue weighted by molar-refractivity contribution is 0.136. The molecule has 0 aromatic heterocycles. The van der Waals surface area contributed by atoms with E-state index in [-0.39, 0.29) is 12.3 Å². The van der Waals surface area contributed by atoms with Gasteiger partial charge < -0.3 is 4.74 Å². The maximum atomic E-state index is 15.0. The summed E-state index contributed by atoms with van der Waals surface area (Å²) in [5.74, 6) is -3.34. The molecule has 1 saturated heterocycles. The molecule has 0 radical (unpaired) electrons. The van der Waals surface area contributed by atoms with Crippen LogP contribution in [0, 0.1) is 11.6 Å². The Morgan fingerprint density at radius 2 is 1.64 bits per heavy atom. The average Bonchev–Trinajstić information content (AvgIpc) is 2.63. The fourth-order valence-corrected chi connectivity index (χ4v) is 4.54. The second-order valence-corrected chi connectivity index (χ2v) is 8.92. The van der Waals surface area contributed by atoms with Crippen LogP contribution in [0.5, 0.6) is 0 Å². The first-order valence-corrected chi connectivity index (χ1v) is 10.4. The number of amides is 1. The summed E-state index contributed by atoms with van der Waals surface area (Å²) in [6.07, 6.45) is -1.96. The van der Waals surface area contributed by atoms with Gasteiger partial charge in [0.25, 0.3) is 0 Å². The highest BCUT2D eigenvalue weighted by molar-refractivity contribution is 7.91. The van der Waals surface area contributed by atoms with Crippen molar-refractivity contribution in [2.75, 3.05) is 16.8 Å². The van der Waals surface area contributed by atoms with Gasteiger partial charge in [0.2, 0.25) is 0 Å². The Labute approximate surface area is 160 Å². The van der Waals surface area contributed by atoms with E-state index in [2.05, 4.69) is 5.32 Å². The van der Waals surface area contributed by atoms with Crippen LogP contribution >= 0.6 is 0 Å². The lowest BCUT2D eigenvalue weighted by atomic mass is 9.89. The Morgan fingerprint density at radius 1 is 1.07 bits per heavy atom. The van der Waals surface area contributed by atoms with Crippen molar-refractivity contribution in [3.63, 3.8) is 0 Å². The molecule has 28 heavy (non-hydrogen) atoms. The van der Waals surface area contributed by atoms with E-state index < -0.39 is 63.1 Å². The summed E-state index contributed by atoms with van der Waals surface area (Å²) in [5.41, 5.74) is -2.72. The van der Waals surface area contributed by atoms with Crippen LogP contribution in [0.25, 0.3) is 0 Å². The maximum Gasteiger partial charge on any atom is 0.411 e. The Hall–Kier alpha value is -2.55. The van der Waals surface area contributed by atoms with Crippen molar-refractivity contribution >= 4 is 21.6 Å². The Kier molecular flexibility index (Phi) is 5.64. The first kappa shape index (κ1) is 20.2. The molecule has 5 nitrogen and oxygen atoms in total. The zero-order valence-corrected chi connectivity index (χ0v) is 15.6. The van der Waals surface area contributed by atoms with Crippen LogP contribution in [-0.4, -0.2) is 26.0 Å². The molecule has 1 N–H and O–H groups in total. The minimum absolute atomic E-state index is 0.0300. The number of halogens is 3. The van der Waals surface area contributed by atoms with Crippen LogP contribution in [0.3, 0.4) is 0 Å². The number of carbonyl (C=O) groups is 1. The number of benzene rings is 2. The topological polar surface area (TPSA) is 72.5 Å². The zero-order valence-electron chi connectivity index (χ0n) is 14.8. The van der Waals surface area contributed by atoms with Gasteiger partial charge in [-0.1, -0.05) is 30.3 Å². The summed E-state index contributed by atoms with van der Waals surface area (Å²) in [7, 11) is -3.40. The number of carbonyl (C=O) groups excluding carboxylic acids is 1. The van der Waals surface area contributed by atoms with Crippen molar-refractivity contribution in [1.29, 1.82) is 0 Å². The van der Waals surface area contributed by atoms with E-state index in [4.69, 9.17) is 4.74 Å². The molecule has 0 spiro atoms. The first-order chi connectivity index (χ1) is 13.2. The van der Waals surface area contributed by atoms with E-state index in [1.165, 1.54) is 0 Å². The first-order valence-electron chi connectivity index (χ1n) is 8.55. The highest BCUT2D eigenvalue weighted by Gasteiger charge is 2.42. The number of anilines is 1. The predicted octanol–water partition coefficient (Wildman–Crippen LogP) is 4.09. The number of rotatable bonds is 4. The van der Waals surface area contributed by atoms with Gasteiger partial charge >= 0.3 is 6.09 Å². The van der Waals surface area contributed by atoms with Crippen molar-refractivity contribution in [3.05, 3.63) is 65.2 Å². The second kappa shape index (κ2) is 7.83. The number of hydrogen-bond acceptors (Lipinski definition) is 4. The molecule has 2 aromatic carbocycles. The summed E-state index contributed by atoms with van der Waals surface area (Å²) >= 11 is 0. The molecular weight excluding hydrogens is 395 g/mol. The molecule has 1 aliphatic heterocycles. The molecular formula is C19H18F3NO4S. The van der Waals surface area contributed by atoms with Crippen LogP contribution in [0.4, 0.5) is 23.7 Å². The normalized spacial score (nSPS) is 17.7. The molecule has 0 aliphatic carbocycles.